The molecule has 1 aromatic carbocycles. The summed E-state index contributed by atoms with van der Waals surface area (Å²) in [5, 5.41) is 11.9. The van der Waals surface area contributed by atoms with Gasteiger partial charge in [0.2, 0.25) is 5.88 Å². The maximum Gasteiger partial charge on any atom is 0.435 e. The molecule has 0 aliphatic heterocycles. The van der Waals surface area contributed by atoms with Crippen LogP contribution in [0.1, 0.15) is 60.2 Å². The van der Waals surface area contributed by atoms with Crippen LogP contribution in [0.2, 0.25) is 0 Å². The molecule has 2 aliphatic rings. The summed E-state index contributed by atoms with van der Waals surface area (Å²) in [4.78, 5) is 18.0. The number of halogens is 3. The van der Waals surface area contributed by atoms with E-state index in [9.17, 15) is 13.2 Å². The lowest BCUT2D eigenvalue weighted by atomic mass is 10.1. The van der Waals surface area contributed by atoms with Gasteiger partial charge in [0.25, 0.3) is 0 Å². The number of alkyl halides is 3. The molecular weight excluding hydrogens is 523 g/mol. The van der Waals surface area contributed by atoms with Crippen LogP contribution in [-0.4, -0.2) is 46.4 Å². The minimum absolute atomic E-state index is 0.114. The number of hydrogen-bond donors (Lipinski definition) is 1. The molecule has 0 spiro atoms. The minimum atomic E-state index is -4.48. The zero-order valence-electron chi connectivity index (χ0n) is 21.4. The molecule has 7 rings (SSSR count). The number of ether oxygens (including phenoxy) is 1. The van der Waals surface area contributed by atoms with Crippen molar-refractivity contribution in [1.29, 1.82) is 0 Å². The molecule has 2 saturated carbocycles. The summed E-state index contributed by atoms with van der Waals surface area (Å²) < 4.78 is 48.6. The Kier molecular flexibility index (Phi) is 5.68. The largest absolute Gasteiger partial charge is 0.480 e. The van der Waals surface area contributed by atoms with Crippen LogP contribution in [0.25, 0.3) is 22.7 Å². The third-order valence-corrected chi connectivity index (χ3v) is 7.14. The van der Waals surface area contributed by atoms with Crippen LogP contribution in [0.3, 0.4) is 0 Å². The summed E-state index contributed by atoms with van der Waals surface area (Å²) in [6, 6.07) is 8.44. The number of fused-ring (bicyclic) bond motifs is 1. The van der Waals surface area contributed by atoms with Gasteiger partial charge in [0.1, 0.15) is 11.9 Å². The van der Waals surface area contributed by atoms with Crippen LogP contribution < -0.4 is 10.1 Å². The molecule has 40 heavy (non-hydrogen) atoms. The molecule has 2 aliphatic carbocycles. The molecular formula is C27H24F3N9O. The SMILES string of the molecule is COc1ncnc(C2CC2)c1-c1nc(NCc2ccc(-n3nc(C(F)(F)F)cc3C3CC3)cc2)c2nccn2n1. The van der Waals surface area contributed by atoms with Crippen molar-refractivity contribution in [2.45, 2.75) is 50.2 Å². The average Bonchev–Trinajstić information content (AvgIpc) is 3.89. The summed E-state index contributed by atoms with van der Waals surface area (Å²) in [6.07, 6.45) is 4.22. The van der Waals surface area contributed by atoms with Gasteiger partial charge in [-0.3, -0.25) is 0 Å². The standard InChI is InChI=1S/C27H24F3N9O/c1-40-26-21(22(17-6-7-17)33-14-34-26)23-35-24(25-31-10-11-38(25)37-23)32-13-15-2-8-18(9-3-15)39-19(16-4-5-16)12-20(36-39)27(28,29)30/h2-3,8-12,14,16-17H,4-7,13H2,1H3,(H,32,35,37). The van der Waals surface area contributed by atoms with E-state index in [4.69, 9.17) is 9.72 Å². The Morgan fingerprint density at radius 1 is 1.00 bits per heavy atom. The number of benzene rings is 1. The van der Waals surface area contributed by atoms with Crippen molar-refractivity contribution in [3.8, 4) is 23.0 Å². The molecule has 13 heteroatoms. The second kappa shape index (κ2) is 9.28. The first-order valence-electron chi connectivity index (χ1n) is 13.0. The second-order valence-corrected chi connectivity index (χ2v) is 10.1. The highest BCUT2D eigenvalue weighted by atomic mass is 19.4. The van der Waals surface area contributed by atoms with Crippen molar-refractivity contribution in [3.63, 3.8) is 0 Å². The van der Waals surface area contributed by atoms with Crippen molar-refractivity contribution in [2.24, 2.45) is 0 Å². The van der Waals surface area contributed by atoms with E-state index in [0.717, 1.165) is 43.0 Å². The number of imidazole rings is 1. The van der Waals surface area contributed by atoms with E-state index in [1.54, 1.807) is 36.2 Å². The van der Waals surface area contributed by atoms with E-state index >= 15 is 0 Å². The number of aromatic nitrogens is 8. The van der Waals surface area contributed by atoms with Gasteiger partial charge in [-0.1, -0.05) is 12.1 Å². The van der Waals surface area contributed by atoms with Crippen LogP contribution in [-0.2, 0) is 12.7 Å². The number of hydrogen-bond acceptors (Lipinski definition) is 8. The van der Waals surface area contributed by atoms with E-state index < -0.39 is 11.9 Å². The van der Waals surface area contributed by atoms with Crippen molar-refractivity contribution >= 4 is 11.5 Å². The van der Waals surface area contributed by atoms with E-state index in [1.165, 1.54) is 11.0 Å². The molecule has 0 radical (unpaired) electrons. The Hall–Kier alpha value is -4.55. The zero-order valence-corrected chi connectivity index (χ0v) is 21.4. The van der Waals surface area contributed by atoms with Crippen LogP contribution in [0.4, 0.5) is 19.0 Å². The van der Waals surface area contributed by atoms with Crippen molar-refractivity contribution in [3.05, 3.63) is 71.7 Å². The Morgan fingerprint density at radius 2 is 1.77 bits per heavy atom. The Labute approximate surface area is 226 Å². The van der Waals surface area contributed by atoms with Gasteiger partial charge in [0.05, 0.1) is 18.5 Å². The average molecular weight is 548 g/mol. The first kappa shape index (κ1) is 24.5. The van der Waals surface area contributed by atoms with Gasteiger partial charge in [0, 0.05) is 36.5 Å². The Balaban J connectivity index is 1.17. The normalized spacial score (nSPS) is 15.5. The van der Waals surface area contributed by atoms with E-state index in [1.807, 2.05) is 12.1 Å². The van der Waals surface area contributed by atoms with Gasteiger partial charge in [0.15, 0.2) is 23.0 Å². The number of nitrogens with zero attached hydrogens (tertiary/aromatic N) is 8. The molecule has 0 bridgehead atoms. The second-order valence-electron chi connectivity index (χ2n) is 10.1. The van der Waals surface area contributed by atoms with Crippen LogP contribution >= 0.6 is 0 Å². The lowest BCUT2D eigenvalue weighted by Gasteiger charge is -2.13. The monoisotopic (exact) mass is 547 g/mol. The number of rotatable bonds is 8. The van der Waals surface area contributed by atoms with Crippen LogP contribution in [0, 0.1) is 0 Å². The molecule has 1 N–H and O–H groups in total. The lowest BCUT2D eigenvalue weighted by molar-refractivity contribution is -0.141. The minimum Gasteiger partial charge on any atom is -0.480 e. The van der Waals surface area contributed by atoms with Crippen LogP contribution in [0.15, 0.2) is 49.1 Å². The van der Waals surface area contributed by atoms with E-state index in [0.29, 0.717) is 52.6 Å². The summed E-state index contributed by atoms with van der Waals surface area (Å²) in [5.74, 6) is 1.80. The van der Waals surface area contributed by atoms with Gasteiger partial charge in [-0.15, -0.1) is 5.10 Å². The highest BCUT2D eigenvalue weighted by Crippen LogP contribution is 2.45. The molecule has 5 aromatic rings. The third-order valence-electron chi connectivity index (χ3n) is 7.14. The van der Waals surface area contributed by atoms with E-state index in [-0.39, 0.29) is 5.92 Å². The maximum absolute atomic E-state index is 13.3. The fourth-order valence-corrected chi connectivity index (χ4v) is 4.82. The van der Waals surface area contributed by atoms with E-state index in [2.05, 4.69) is 30.5 Å². The first-order chi connectivity index (χ1) is 19.4. The quantitative estimate of drug-likeness (QED) is 0.284. The summed E-state index contributed by atoms with van der Waals surface area (Å²) in [7, 11) is 1.56. The van der Waals surface area contributed by atoms with Gasteiger partial charge in [-0.05, 0) is 49.4 Å². The predicted molar refractivity (Wildman–Crippen MR) is 138 cm³/mol. The molecule has 4 heterocycles. The topological polar surface area (TPSA) is 108 Å². The molecule has 0 saturated heterocycles. The molecule has 0 unspecified atom stereocenters. The maximum atomic E-state index is 13.3. The fraction of sp³-hybridized carbons (Fsp3) is 0.333. The van der Waals surface area contributed by atoms with Crippen LogP contribution in [0.5, 0.6) is 5.88 Å². The molecule has 0 amide bonds. The predicted octanol–water partition coefficient (Wildman–Crippen LogP) is 5.16. The molecule has 0 atom stereocenters. The van der Waals surface area contributed by atoms with Crippen molar-refractivity contribution in [2.75, 3.05) is 12.4 Å². The highest BCUT2D eigenvalue weighted by Gasteiger charge is 2.38. The van der Waals surface area contributed by atoms with Gasteiger partial charge in [-0.25, -0.2) is 29.1 Å². The van der Waals surface area contributed by atoms with Crippen molar-refractivity contribution in [1.82, 2.24) is 39.3 Å². The molecule has 4 aromatic heterocycles. The van der Waals surface area contributed by atoms with Gasteiger partial charge in [-0.2, -0.15) is 18.3 Å². The first-order valence-corrected chi connectivity index (χ1v) is 13.0. The van der Waals surface area contributed by atoms with Crippen molar-refractivity contribution < 1.29 is 17.9 Å². The smallest absolute Gasteiger partial charge is 0.435 e. The van der Waals surface area contributed by atoms with Gasteiger partial charge >= 0.3 is 6.18 Å². The van der Waals surface area contributed by atoms with Gasteiger partial charge < -0.3 is 10.1 Å². The zero-order chi connectivity index (χ0) is 27.4. The fourth-order valence-electron chi connectivity index (χ4n) is 4.82. The number of anilines is 1. The highest BCUT2D eigenvalue weighted by molar-refractivity contribution is 5.70. The number of nitrogens with one attached hydrogen (secondary N) is 1. The lowest BCUT2D eigenvalue weighted by Crippen LogP contribution is -2.10. The Bertz CT molecular complexity index is 1700. The number of methoxy groups -OCH3 is 1. The molecule has 10 nitrogen and oxygen atoms in total. The summed E-state index contributed by atoms with van der Waals surface area (Å²) in [5.41, 5.74) is 3.31. The Morgan fingerprint density at radius 3 is 2.48 bits per heavy atom. The summed E-state index contributed by atoms with van der Waals surface area (Å²) >= 11 is 0. The third kappa shape index (κ3) is 4.50. The molecule has 2 fully saturated rings. The molecule has 204 valence electrons. The summed E-state index contributed by atoms with van der Waals surface area (Å²) in [6.45, 7) is 0.402.